The number of carbonyl (C=O) groups is 1. The molecule has 1 N–H and O–H groups in total. The molecule has 0 aliphatic carbocycles. The summed E-state index contributed by atoms with van der Waals surface area (Å²) >= 11 is 1.49. The van der Waals surface area contributed by atoms with Crippen molar-refractivity contribution >= 4 is 32.9 Å². The first-order chi connectivity index (χ1) is 15.0. The van der Waals surface area contributed by atoms with Gasteiger partial charge >= 0.3 is 0 Å². The number of anilines is 1. The van der Waals surface area contributed by atoms with Crippen LogP contribution in [0.4, 0.5) is 5.82 Å². The second kappa shape index (κ2) is 7.78. The molecule has 1 fully saturated rings. The lowest BCUT2D eigenvalue weighted by Crippen LogP contribution is -2.19. The molecule has 5 rings (SSSR count). The van der Waals surface area contributed by atoms with Gasteiger partial charge in [-0.3, -0.25) is 4.79 Å². The number of hydrogen-bond donors (Lipinski definition) is 1. The number of benzene rings is 1. The highest BCUT2D eigenvalue weighted by atomic mass is 32.2. The third-order valence-corrected chi connectivity index (χ3v) is 7.74. The summed E-state index contributed by atoms with van der Waals surface area (Å²) in [6.45, 7) is 0. The Morgan fingerprint density at radius 2 is 2.00 bits per heavy atom. The van der Waals surface area contributed by atoms with E-state index in [0.29, 0.717) is 23.7 Å². The summed E-state index contributed by atoms with van der Waals surface area (Å²) in [6, 6.07) is 16.3. The molecule has 1 aliphatic heterocycles. The lowest BCUT2D eigenvalue weighted by molar-refractivity contribution is 0.101. The van der Waals surface area contributed by atoms with Gasteiger partial charge in [-0.1, -0.05) is 41.6 Å². The summed E-state index contributed by atoms with van der Waals surface area (Å²) < 4.78 is 30.9. The van der Waals surface area contributed by atoms with Crippen LogP contribution in [0.15, 0.2) is 64.5 Å². The van der Waals surface area contributed by atoms with E-state index in [2.05, 4.69) is 15.6 Å². The van der Waals surface area contributed by atoms with E-state index in [1.54, 1.807) is 16.8 Å². The zero-order chi connectivity index (χ0) is 21.4. The summed E-state index contributed by atoms with van der Waals surface area (Å²) in [4.78, 5) is 13.7. The number of nitrogens with zero attached hydrogens (tertiary/aromatic N) is 3. The van der Waals surface area contributed by atoms with Gasteiger partial charge in [0, 0.05) is 17.7 Å². The van der Waals surface area contributed by atoms with E-state index < -0.39 is 15.7 Å². The number of amides is 1. The van der Waals surface area contributed by atoms with E-state index in [0.717, 1.165) is 10.4 Å². The summed E-state index contributed by atoms with van der Waals surface area (Å²) in [6.07, 6.45) is 0.452. The van der Waals surface area contributed by atoms with Gasteiger partial charge in [0.05, 0.1) is 28.1 Å². The Bertz CT molecular complexity index is 1320. The van der Waals surface area contributed by atoms with Crippen molar-refractivity contribution < 1.29 is 17.7 Å². The van der Waals surface area contributed by atoms with Gasteiger partial charge < -0.3 is 9.84 Å². The van der Waals surface area contributed by atoms with Crippen molar-refractivity contribution in [2.75, 3.05) is 16.8 Å². The third-order valence-electron chi connectivity index (χ3n) is 5.11. The molecule has 158 valence electrons. The van der Waals surface area contributed by atoms with Crippen molar-refractivity contribution in [3.8, 4) is 21.9 Å². The summed E-state index contributed by atoms with van der Waals surface area (Å²) in [5, 5.41) is 13.2. The number of thiophene rings is 1. The fourth-order valence-electron chi connectivity index (χ4n) is 3.58. The Morgan fingerprint density at radius 1 is 1.16 bits per heavy atom. The van der Waals surface area contributed by atoms with Crippen molar-refractivity contribution in [1.82, 2.24) is 14.9 Å². The fraction of sp³-hybridized carbons (Fsp3) is 0.190. The van der Waals surface area contributed by atoms with E-state index in [1.165, 1.54) is 11.3 Å². The Labute approximate surface area is 182 Å². The molecule has 4 aromatic rings. The van der Waals surface area contributed by atoms with Crippen molar-refractivity contribution in [3.63, 3.8) is 0 Å². The molecule has 1 aliphatic rings. The molecule has 1 aromatic carbocycles. The van der Waals surface area contributed by atoms with Gasteiger partial charge in [-0.25, -0.2) is 13.1 Å². The Hall–Kier alpha value is -3.24. The van der Waals surface area contributed by atoms with E-state index in [4.69, 9.17) is 4.52 Å². The molecular formula is C21H18N4O4S2. The number of nitrogens with one attached hydrogen (secondary N) is 1. The van der Waals surface area contributed by atoms with Crippen molar-refractivity contribution in [2.45, 2.75) is 12.5 Å². The van der Waals surface area contributed by atoms with Crippen LogP contribution in [0.5, 0.6) is 0 Å². The molecule has 1 saturated heterocycles. The molecule has 10 heteroatoms. The number of carbonyl (C=O) groups excluding carboxylic acids is 1. The van der Waals surface area contributed by atoms with Gasteiger partial charge in [0.15, 0.2) is 21.3 Å². The normalized spacial score (nSPS) is 17.6. The highest BCUT2D eigenvalue weighted by Gasteiger charge is 2.32. The third kappa shape index (κ3) is 4.04. The molecule has 0 radical (unpaired) electrons. The highest BCUT2D eigenvalue weighted by molar-refractivity contribution is 7.91. The lowest BCUT2D eigenvalue weighted by Gasteiger charge is -2.13. The molecule has 4 heterocycles. The van der Waals surface area contributed by atoms with Crippen LogP contribution in [-0.4, -0.2) is 40.8 Å². The zero-order valence-corrected chi connectivity index (χ0v) is 17.9. The van der Waals surface area contributed by atoms with Crippen molar-refractivity contribution in [2.24, 2.45) is 0 Å². The summed E-state index contributed by atoms with van der Waals surface area (Å²) in [5.41, 5.74) is 1.66. The molecule has 0 bridgehead atoms. The number of aromatic nitrogens is 3. The smallest absolute Gasteiger partial charge is 0.279 e. The van der Waals surface area contributed by atoms with E-state index >= 15 is 0 Å². The molecule has 1 atom stereocenters. The quantitative estimate of drug-likeness (QED) is 0.490. The van der Waals surface area contributed by atoms with Crippen LogP contribution in [0, 0.1) is 0 Å². The monoisotopic (exact) mass is 454 g/mol. The molecule has 8 nitrogen and oxygen atoms in total. The second-order valence-corrected chi connectivity index (χ2v) is 10.5. The first-order valence-corrected chi connectivity index (χ1v) is 12.4. The molecule has 1 amide bonds. The van der Waals surface area contributed by atoms with Crippen LogP contribution in [0.1, 0.15) is 23.0 Å². The second-order valence-electron chi connectivity index (χ2n) is 7.29. The Kier molecular flexibility index (Phi) is 4.95. The zero-order valence-electron chi connectivity index (χ0n) is 16.3. The van der Waals surface area contributed by atoms with Crippen molar-refractivity contribution in [1.29, 1.82) is 0 Å². The molecule has 0 saturated carbocycles. The number of rotatable bonds is 5. The first-order valence-electron chi connectivity index (χ1n) is 9.66. The first kappa shape index (κ1) is 19.7. The molecule has 3 aromatic heterocycles. The number of hydrogen-bond acceptors (Lipinski definition) is 7. The predicted octanol–water partition coefficient (Wildman–Crippen LogP) is 3.88. The van der Waals surface area contributed by atoms with E-state index in [-0.39, 0.29) is 23.2 Å². The van der Waals surface area contributed by atoms with Gasteiger partial charge in [0.25, 0.3) is 5.91 Å². The van der Waals surface area contributed by atoms with E-state index in [1.807, 2.05) is 47.8 Å². The van der Waals surface area contributed by atoms with Gasteiger partial charge in [-0.05, 0) is 17.9 Å². The van der Waals surface area contributed by atoms with Gasteiger partial charge in [0.2, 0.25) is 0 Å². The van der Waals surface area contributed by atoms with Gasteiger partial charge in [0.1, 0.15) is 5.82 Å². The Morgan fingerprint density at radius 3 is 2.71 bits per heavy atom. The maximum absolute atomic E-state index is 12.8. The topological polar surface area (TPSA) is 107 Å². The lowest BCUT2D eigenvalue weighted by atomic mass is 10.1. The molecule has 1 unspecified atom stereocenters. The molecule has 31 heavy (non-hydrogen) atoms. The minimum absolute atomic E-state index is 0.00172. The minimum Gasteiger partial charge on any atom is -0.355 e. The van der Waals surface area contributed by atoms with Gasteiger partial charge in [-0.15, -0.1) is 11.3 Å². The predicted molar refractivity (Wildman–Crippen MR) is 118 cm³/mol. The average molecular weight is 455 g/mol. The minimum atomic E-state index is -3.12. The Balaban J connectivity index is 1.46. The van der Waals surface area contributed by atoms with Crippen LogP contribution < -0.4 is 5.32 Å². The van der Waals surface area contributed by atoms with Crippen LogP contribution in [0.2, 0.25) is 0 Å². The van der Waals surface area contributed by atoms with Crippen LogP contribution in [0.25, 0.3) is 21.9 Å². The summed E-state index contributed by atoms with van der Waals surface area (Å²) in [7, 11) is -3.12. The van der Waals surface area contributed by atoms with Crippen LogP contribution in [0.3, 0.4) is 0 Å². The highest BCUT2D eigenvalue weighted by Crippen LogP contribution is 2.31. The number of sulfone groups is 1. The largest absolute Gasteiger partial charge is 0.355 e. The molecule has 0 spiro atoms. The van der Waals surface area contributed by atoms with E-state index in [9.17, 15) is 13.2 Å². The maximum Gasteiger partial charge on any atom is 0.279 e. The fourth-order valence-corrected chi connectivity index (χ4v) is 5.95. The maximum atomic E-state index is 12.8. The van der Waals surface area contributed by atoms with Gasteiger partial charge in [-0.2, -0.15) is 5.10 Å². The SMILES string of the molecule is O=C(Nc1cc(-c2ccccc2)nn1C1CCS(=O)(=O)C1)c1cc(-c2cccs2)on1. The average Bonchev–Trinajstić information content (AvgIpc) is 3.54. The van der Waals surface area contributed by atoms with Crippen LogP contribution >= 0.6 is 11.3 Å². The summed E-state index contributed by atoms with van der Waals surface area (Å²) in [5.74, 6) is 0.595. The van der Waals surface area contributed by atoms with Crippen molar-refractivity contribution in [3.05, 3.63) is 65.7 Å². The molecular weight excluding hydrogens is 436 g/mol. The standard InChI is InChI=1S/C21H18N4O4S2/c26-21(17-11-18(29-24-17)19-7-4-9-30-19)22-20-12-16(14-5-2-1-3-6-14)23-25(20)15-8-10-31(27,28)13-15/h1-7,9,11-12,15H,8,10,13H2,(H,22,26). The van der Waals surface area contributed by atoms with Crippen LogP contribution in [-0.2, 0) is 9.84 Å².